The number of ether oxygens (including phenoxy) is 1. The van der Waals surface area contributed by atoms with Gasteiger partial charge in [-0.2, -0.15) is 0 Å². The molecule has 3 heteroatoms. The van der Waals surface area contributed by atoms with Gasteiger partial charge in [0.1, 0.15) is 5.75 Å². The summed E-state index contributed by atoms with van der Waals surface area (Å²) in [5.74, 6) is 0.702. The van der Waals surface area contributed by atoms with Crippen molar-refractivity contribution in [2.45, 2.75) is 52.2 Å². The second-order valence-corrected chi connectivity index (χ2v) is 6.27. The summed E-state index contributed by atoms with van der Waals surface area (Å²) >= 11 is 0. The molecule has 1 N–H and O–H groups in total. The number of amides is 1. The van der Waals surface area contributed by atoms with Crippen molar-refractivity contribution in [1.29, 1.82) is 0 Å². The predicted octanol–water partition coefficient (Wildman–Crippen LogP) is 4.29. The van der Waals surface area contributed by atoms with Crippen LogP contribution in [0.1, 0.15) is 37.8 Å². The van der Waals surface area contributed by atoms with Crippen molar-refractivity contribution in [2.75, 3.05) is 0 Å². The highest BCUT2D eigenvalue weighted by Crippen LogP contribution is 2.15. The number of aryl methyl sites for hydroxylation is 2. The third-order valence-corrected chi connectivity index (χ3v) is 4.03. The fourth-order valence-electron chi connectivity index (χ4n) is 2.61. The van der Waals surface area contributed by atoms with Crippen LogP contribution in [-0.2, 0) is 11.2 Å². The highest BCUT2D eigenvalue weighted by atomic mass is 16.5. The maximum Gasteiger partial charge on any atom is 0.261 e. The molecule has 24 heavy (non-hydrogen) atoms. The summed E-state index contributed by atoms with van der Waals surface area (Å²) in [6.07, 6.45) is 2.06. The molecule has 0 aliphatic heterocycles. The molecule has 2 rings (SSSR count). The smallest absolute Gasteiger partial charge is 0.261 e. The highest BCUT2D eigenvalue weighted by Gasteiger charge is 2.20. The molecule has 0 saturated carbocycles. The van der Waals surface area contributed by atoms with Crippen LogP contribution in [0.15, 0.2) is 54.6 Å². The molecule has 0 fully saturated rings. The molecule has 3 nitrogen and oxygen atoms in total. The van der Waals surface area contributed by atoms with E-state index in [1.807, 2.05) is 63.2 Å². The number of benzene rings is 2. The normalized spacial score (nSPS) is 13.1. The Kier molecular flexibility index (Phi) is 6.86. The molecule has 128 valence electrons. The van der Waals surface area contributed by atoms with E-state index in [0.29, 0.717) is 6.42 Å². The van der Waals surface area contributed by atoms with Gasteiger partial charge in [-0.3, -0.25) is 4.79 Å². The van der Waals surface area contributed by atoms with Crippen LogP contribution in [0.2, 0.25) is 0 Å². The summed E-state index contributed by atoms with van der Waals surface area (Å²) in [6, 6.07) is 18.3. The van der Waals surface area contributed by atoms with Gasteiger partial charge in [-0.25, -0.2) is 0 Å². The topological polar surface area (TPSA) is 38.3 Å². The Hall–Kier alpha value is -2.29. The Morgan fingerprint density at radius 3 is 2.54 bits per heavy atom. The van der Waals surface area contributed by atoms with Gasteiger partial charge < -0.3 is 10.1 Å². The first-order chi connectivity index (χ1) is 11.6. The average molecular weight is 325 g/mol. The van der Waals surface area contributed by atoms with Gasteiger partial charge in [0.2, 0.25) is 0 Å². The molecular formula is C21H27NO2. The SMILES string of the molecule is CC[C@@H](Oc1cccc(C)c1)C(=O)N[C@@H](C)CCc1ccccc1. The molecule has 0 saturated heterocycles. The van der Waals surface area contributed by atoms with E-state index in [0.717, 1.165) is 24.2 Å². The van der Waals surface area contributed by atoms with Crippen molar-refractivity contribution in [1.82, 2.24) is 5.32 Å². The van der Waals surface area contributed by atoms with Crippen molar-refractivity contribution in [3.63, 3.8) is 0 Å². The predicted molar refractivity (Wildman–Crippen MR) is 98.3 cm³/mol. The van der Waals surface area contributed by atoms with Crippen LogP contribution in [0.25, 0.3) is 0 Å². The van der Waals surface area contributed by atoms with Crippen molar-refractivity contribution >= 4 is 5.91 Å². The summed E-state index contributed by atoms with van der Waals surface area (Å²) in [4.78, 5) is 12.4. The number of nitrogens with one attached hydrogen (secondary N) is 1. The Balaban J connectivity index is 1.84. The highest BCUT2D eigenvalue weighted by molar-refractivity contribution is 5.81. The maximum atomic E-state index is 12.4. The van der Waals surface area contributed by atoms with E-state index >= 15 is 0 Å². The maximum absolute atomic E-state index is 12.4. The fraction of sp³-hybridized carbons (Fsp3) is 0.381. The summed E-state index contributed by atoms with van der Waals surface area (Å²) in [6.45, 7) is 6.02. The number of carbonyl (C=O) groups is 1. The Labute approximate surface area is 145 Å². The van der Waals surface area contributed by atoms with Gasteiger partial charge in [-0.15, -0.1) is 0 Å². The number of carbonyl (C=O) groups excluding carboxylic acids is 1. The van der Waals surface area contributed by atoms with Gasteiger partial charge >= 0.3 is 0 Å². The third kappa shape index (κ3) is 5.73. The molecule has 0 aliphatic carbocycles. The van der Waals surface area contributed by atoms with E-state index in [1.165, 1.54) is 5.56 Å². The van der Waals surface area contributed by atoms with Crippen LogP contribution in [0.5, 0.6) is 5.75 Å². The first-order valence-corrected chi connectivity index (χ1v) is 8.66. The summed E-state index contributed by atoms with van der Waals surface area (Å²) in [7, 11) is 0. The van der Waals surface area contributed by atoms with E-state index in [1.54, 1.807) is 0 Å². The van der Waals surface area contributed by atoms with Crippen LogP contribution < -0.4 is 10.1 Å². The minimum absolute atomic E-state index is 0.0421. The molecule has 0 aliphatic rings. The molecule has 2 aromatic carbocycles. The van der Waals surface area contributed by atoms with Gasteiger partial charge in [-0.1, -0.05) is 49.4 Å². The second kappa shape index (κ2) is 9.11. The summed E-state index contributed by atoms with van der Waals surface area (Å²) < 4.78 is 5.86. The molecule has 0 heterocycles. The molecule has 0 bridgehead atoms. The number of rotatable bonds is 8. The molecule has 0 unspecified atom stereocenters. The zero-order valence-corrected chi connectivity index (χ0v) is 14.8. The number of hydrogen-bond acceptors (Lipinski definition) is 2. The minimum Gasteiger partial charge on any atom is -0.481 e. The molecule has 2 aromatic rings. The van der Waals surface area contributed by atoms with Gasteiger partial charge in [0.25, 0.3) is 5.91 Å². The Morgan fingerprint density at radius 2 is 1.88 bits per heavy atom. The van der Waals surface area contributed by atoms with Gasteiger partial charge in [0.15, 0.2) is 6.10 Å². The third-order valence-electron chi connectivity index (χ3n) is 4.03. The standard InChI is InChI=1S/C21H27NO2/c1-4-20(24-19-12-8-9-16(2)15-19)21(23)22-17(3)13-14-18-10-6-5-7-11-18/h5-12,15,17,20H,4,13-14H2,1-3H3,(H,22,23)/t17-,20+/m0/s1. The average Bonchev–Trinajstić information content (AvgIpc) is 2.58. The van der Waals surface area contributed by atoms with Crippen molar-refractivity contribution in [3.8, 4) is 5.75 Å². The Morgan fingerprint density at radius 1 is 1.12 bits per heavy atom. The summed E-state index contributed by atoms with van der Waals surface area (Å²) in [5, 5.41) is 3.07. The zero-order valence-electron chi connectivity index (χ0n) is 14.8. The minimum atomic E-state index is -0.453. The molecule has 0 radical (unpaired) electrons. The van der Waals surface area contributed by atoms with E-state index in [9.17, 15) is 4.79 Å². The van der Waals surface area contributed by atoms with Crippen molar-refractivity contribution in [3.05, 3.63) is 65.7 Å². The fourth-order valence-corrected chi connectivity index (χ4v) is 2.61. The second-order valence-electron chi connectivity index (χ2n) is 6.27. The first kappa shape index (κ1) is 18.1. The van der Waals surface area contributed by atoms with Crippen LogP contribution in [0, 0.1) is 6.92 Å². The monoisotopic (exact) mass is 325 g/mol. The zero-order chi connectivity index (χ0) is 17.4. The van der Waals surface area contributed by atoms with Crippen molar-refractivity contribution < 1.29 is 9.53 Å². The lowest BCUT2D eigenvalue weighted by atomic mass is 10.1. The molecular weight excluding hydrogens is 298 g/mol. The lowest BCUT2D eigenvalue weighted by molar-refractivity contribution is -0.128. The lowest BCUT2D eigenvalue weighted by Crippen LogP contribution is -2.42. The molecule has 0 aromatic heterocycles. The van der Waals surface area contributed by atoms with Gasteiger partial charge in [-0.05, 0) is 56.4 Å². The van der Waals surface area contributed by atoms with E-state index in [-0.39, 0.29) is 11.9 Å². The quantitative estimate of drug-likeness (QED) is 0.786. The van der Waals surface area contributed by atoms with Gasteiger partial charge in [0, 0.05) is 6.04 Å². The molecule has 0 spiro atoms. The Bertz CT molecular complexity index is 639. The van der Waals surface area contributed by atoms with Crippen LogP contribution in [0.4, 0.5) is 0 Å². The number of hydrogen-bond donors (Lipinski definition) is 1. The lowest BCUT2D eigenvalue weighted by Gasteiger charge is -2.20. The van der Waals surface area contributed by atoms with Gasteiger partial charge in [0.05, 0.1) is 0 Å². The van der Waals surface area contributed by atoms with E-state index in [4.69, 9.17) is 4.74 Å². The van der Waals surface area contributed by atoms with Crippen molar-refractivity contribution in [2.24, 2.45) is 0 Å². The van der Waals surface area contributed by atoms with Crippen LogP contribution in [-0.4, -0.2) is 18.1 Å². The largest absolute Gasteiger partial charge is 0.481 e. The molecule has 2 atom stereocenters. The molecule has 1 amide bonds. The first-order valence-electron chi connectivity index (χ1n) is 8.66. The summed E-state index contributed by atoms with van der Waals surface area (Å²) in [5.41, 5.74) is 2.42. The van der Waals surface area contributed by atoms with Crippen LogP contribution in [0.3, 0.4) is 0 Å². The van der Waals surface area contributed by atoms with Crippen LogP contribution >= 0.6 is 0 Å². The van der Waals surface area contributed by atoms with E-state index in [2.05, 4.69) is 17.4 Å². The van der Waals surface area contributed by atoms with E-state index < -0.39 is 6.10 Å².